The van der Waals surface area contributed by atoms with Gasteiger partial charge in [-0.15, -0.1) is 0 Å². The van der Waals surface area contributed by atoms with Gasteiger partial charge in [0, 0.05) is 26.4 Å². The number of nitrogens with zero attached hydrogens (tertiary/aromatic N) is 2. The lowest BCUT2D eigenvalue weighted by atomic mass is 9.86. The molecule has 1 amide bonds. The number of carbonyl (C=O) groups is 1. The van der Waals surface area contributed by atoms with E-state index < -0.39 is 17.2 Å². The van der Waals surface area contributed by atoms with Gasteiger partial charge in [0.05, 0.1) is 5.56 Å². The number of aromatic nitrogens is 2. The second-order valence-electron chi connectivity index (χ2n) is 5.37. The lowest BCUT2D eigenvalue weighted by molar-refractivity contribution is -0.116. The minimum atomic E-state index is -0.499. The second kappa shape index (κ2) is 4.87. The number of nitrogens with one attached hydrogen (secondary N) is 1. The molecule has 0 saturated heterocycles. The smallest absolute Gasteiger partial charge is 0.332 e. The third-order valence-corrected chi connectivity index (χ3v) is 3.97. The first-order valence-corrected chi connectivity index (χ1v) is 6.79. The van der Waals surface area contributed by atoms with Crippen LogP contribution in [0, 0.1) is 0 Å². The SMILES string of the molecule is Cn1c2c(c(=O)n(C)c1=O)[C@H](c1cccc(O)c1)CC(=O)N2. The zero-order valence-electron chi connectivity index (χ0n) is 12.2. The van der Waals surface area contributed by atoms with E-state index in [9.17, 15) is 19.5 Å². The summed E-state index contributed by atoms with van der Waals surface area (Å²) < 4.78 is 2.27. The van der Waals surface area contributed by atoms with Crippen LogP contribution < -0.4 is 16.6 Å². The Labute approximate surface area is 125 Å². The number of carbonyl (C=O) groups excluding carboxylic acids is 1. The molecule has 1 aliphatic rings. The zero-order chi connectivity index (χ0) is 16.0. The Morgan fingerprint density at radius 2 is 1.91 bits per heavy atom. The molecule has 7 heteroatoms. The van der Waals surface area contributed by atoms with E-state index >= 15 is 0 Å². The molecule has 7 nitrogen and oxygen atoms in total. The largest absolute Gasteiger partial charge is 0.508 e. The first-order chi connectivity index (χ1) is 10.4. The number of phenols is 1. The summed E-state index contributed by atoms with van der Waals surface area (Å²) in [5.41, 5.74) is 0.0775. The van der Waals surface area contributed by atoms with Gasteiger partial charge in [0.1, 0.15) is 11.6 Å². The molecule has 1 aromatic carbocycles. The lowest BCUT2D eigenvalue weighted by Crippen LogP contribution is -2.44. The molecular formula is C15H15N3O4. The van der Waals surface area contributed by atoms with Crippen molar-refractivity contribution in [1.82, 2.24) is 9.13 Å². The van der Waals surface area contributed by atoms with Crippen LogP contribution in [0.2, 0.25) is 0 Å². The van der Waals surface area contributed by atoms with Crippen molar-refractivity contribution in [2.45, 2.75) is 12.3 Å². The van der Waals surface area contributed by atoms with Gasteiger partial charge in [-0.2, -0.15) is 0 Å². The van der Waals surface area contributed by atoms with E-state index in [2.05, 4.69) is 5.32 Å². The van der Waals surface area contributed by atoms with Crippen LogP contribution in [0.1, 0.15) is 23.5 Å². The fourth-order valence-electron chi connectivity index (χ4n) is 2.83. The van der Waals surface area contributed by atoms with Gasteiger partial charge >= 0.3 is 5.69 Å². The molecule has 0 spiro atoms. The van der Waals surface area contributed by atoms with E-state index in [0.29, 0.717) is 11.1 Å². The van der Waals surface area contributed by atoms with Crippen LogP contribution in [-0.2, 0) is 18.9 Å². The molecule has 0 aliphatic carbocycles. The topological polar surface area (TPSA) is 93.3 Å². The predicted molar refractivity (Wildman–Crippen MR) is 80.1 cm³/mol. The minimum Gasteiger partial charge on any atom is -0.508 e. The van der Waals surface area contributed by atoms with Crippen LogP contribution in [0.3, 0.4) is 0 Å². The first-order valence-electron chi connectivity index (χ1n) is 6.79. The summed E-state index contributed by atoms with van der Waals surface area (Å²) in [5.74, 6) is -0.491. The molecule has 2 N–H and O–H groups in total. The lowest BCUT2D eigenvalue weighted by Gasteiger charge is -2.27. The van der Waals surface area contributed by atoms with Gasteiger partial charge in [-0.05, 0) is 17.7 Å². The van der Waals surface area contributed by atoms with Gasteiger partial charge in [0.15, 0.2) is 0 Å². The average molecular weight is 301 g/mol. The first kappa shape index (κ1) is 14.1. The number of amides is 1. The highest BCUT2D eigenvalue weighted by molar-refractivity contribution is 5.94. The molecule has 0 unspecified atom stereocenters. The molecule has 0 bridgehead atoms. The van der Waals surface area contributed by atoms with Gasteiger partial charge in [-0.1, -0.05) is 12.1 Å². The summed E-state index contributed by atoms with van der Waals surface area (Å²) in [4.78, 5) is 36.5. The number of anilines is 1. The summed E-state index contributed by atoms with van der Waals surface area (Å²) in [5, 5.41) is 12.2. The maximum absolute atomic E-state index is 12.5. The van der Waals surface area contributed by atoms with Crippen LogP contribution in [0.4, 0.5) is 5.82 Å². The number of fused-ring (bicyclic) bond motifs is 1. The summed E-state index contributed by atoms with van der Waals surface area (Å²) in [6.45, 7) is 0. The fourth-order valence-corrected chi connectivity index (χ4v) is 2.83. The maximum Gasteiger partial charge on any atom is 0.332 e. The van der Waals surface area contributed by atoms with Crippen molar-refractivity contribution in [3.63, 3.8) is 0 Å². The highest BCUT2D eigenvalue weighted by Gasteiger charge is 2.32. The number of hydrogen-bond donors (Lipinski definition) is 2. The molecule has 0 radical (unpaired) electrons. The van der Waals surface area contributed by atoms with Gasteiger partial charge < -0.3 is 10.4 Å². The minimum absolute atomic E-state index is 0.0617. The van der Waals surface area contributed by atoms with Crippen molar-refractivity contribution in [1.29, 1.82) is 0 Å². The molecule has 0 saturated carbocycles. The van der Waals surface area contributed by atoms with E-state index in [1.165, 1.54) is 30.8 Å². The number of hydrogen-bond acceptors (Lipinski definition) is 4. The Morgan fingerprint density at radius 3 is 2.59 bits per heavy atom. The van der Waals surface area contributed by atoms with Crippen LogP contribution in [-0.4, -0.2) is 20.1 Å². The number of rotatable bonds is 1. The second-order valence-corrected chi connectivity index (χ2v) is 5.37. The summed E-state index contributed by atoms with van der Waals surface area (Å²) >= 11 is 0. The van der Waals surface area contributed by atoms with Crippen LogP contribution in [0.5, 0.6) is 5.75 Å². The number of phenolic OH excluding ortho intramolecular Hbond substituents is 1. The molecule has 2 aromatic rings. The van der Waals surface area contributed by atoms with Gasteiger partial charge in [-0.25, -0.2) is 4.79 Å². The Morgan fingerprint density at radius 1 is 1.18 bits per heavy atom. The van der Waals surface area contributed by atoms with Crippen LogP contribution >= 0.6 is 0 Å². The van der Waals surface area contributed by atoms with Crippen molar-refractivity contribution in [2.75, 3.05) is 5.32 Å². The highest BCUT2D eigenvalue weighted by Crippen LogP contribution is 2.34. The molecule has 114 valence electrons. The van der Waals surface area contributed by atoms with Crippen molar-refractivity contribution in [3.05, 3.63) is 56.2 Å². The fraction of sp³-hybridized carbons (Fsp3) is 0.267. The quantitative estimate of drug-likeness (QED) is 0.790. The highest BCUT2D eigenvalue weighted by atomic mass is 16.3. The van der Waals surface area contributed by atoms with E-state index in [0.717, 1.165) is 4.57 Å². The number of aromatic hydroxyl groups is 1. The Hall–Kier alpha value is -2.83. The van der Waals surface area contributed by atoms with Gasteiger partial charge in [0.25, 0.3) is 5.56 Å². The van der Waals surface area contributed by atoms with Crippen molar-refractivity contribution in [2.24, 2.45) is 14.1 Å². The maximum atomic E-state index is 12.5. The standard InChI is InChI=1S/C15H15N3O4/c1-17-13-12(14(21)18(2)15(17)22)10(7-11(20)16-13)8-4-3-5-9(19)6-8/h3-6,10,19H,7H2,1-2H3,(H,16,20)/t10-/m0/s1. The third kappa shape index (κ3) is 2.02. The number of benzene rings is 1. The molecule has 1 aliphatic heterocycles. The van der Waals surface area contributed by atoms with Gasteiger partial charge in [0.2, 0.25) is 5.91 Å². The Bertz CT molecular complexity index is 895. The normalized spacial score (nSPS) is 17.0. The van der Waals surface area contributed by atoms with Gasteiger partial charge in [-0.3, -0.25) is 18.7 Å². The summed E-state index contributed by atoms with van der Waals surface area (Å²) in [6, 6.07) is 6.45. The molecule has 3 rings (SSSR count). The molecule has 1 aromatic heterocycles. The molecule has 1 atom stereocenters. The monoisotopic (exact) mass is 301 g/mol. The Kier molecular flexibility index (Phi) is 3.13. The van der Waals surface area contributed by atoms with Crippen LogP contribution in [0.15, 0.2) is 33.9 Å². The third-order valence-electron chi connectivity index (χ3n) is 3.97. The van der Waals surface area contributed by atoms with E-state index in [-0.39, 0.29) is 23.9 Å². The van der Waals surface area contributed by atoms with Crippen molar-refractivity contribution >= 4 is 11.7 Å². The van der Waals surface area contributed by atoms with Crippen molar-refractivity contribution in [3.8, 4) is 5.75 Å². The van der Waals surface area contributed by atoms with Crippen LogP contribution in [0.25, 0.3) is 0 Å². The summed E-state index contributed by atoms with van der Waals surface area (Å²) in [7, 11) is 2.91. The molecule has 0 fully saturated rings. The van der Waals surface area contributed by atoms with E-state index in [1.807, 2.05) is 0 Å². The Balaban J connectivity index is 2.33. The van der Waals surface area contributed by atoms with E-state index in [4.69, 9.17) is 0 Å². The molecular weight excluding hydrogens is 286 g/mol. The molecule has 2 heterocycles. The zero-order valence-corrected chi connectivity index (χ0v) is 12.2. The van der Waals surface area contributed by atoms with Crippen molar-refractivity contribution < 1.29 is 9.90 Å². The average Bonchev–Trinajstić information content (AvgIpc) is 2.50. The summed E-state index contributed by atoms with van der Waals surface area (Å²) in [6.07, 6.45) is 0.0872. The predicted octanol–water partition coefficient (Wildman–Crippen LogP) is 0.264. The van der Waals surface area contributed by atoms with E-state index in [1.54, 1.807) is 12.1 Å². The molecule has 22 heavy (non-hydrogen) atoms.